The first-order valence-electron chi connectivity index (χ1n) is 7.93. The van der Waals surface area contributed by atoms with Gasteiger partial charge in [0.1, 0.15) is 0 Å². The van der Waals surface area contributed by atoms with Gasteiger partial charge in [-0.1, -0.05) is 49.8 Å². The molecule has 0 spiro atoms. The predicted molar refractivity (Wildman–Crippen MR) is 90.9 cm³/mol. The lowest BCUT2D eigenvalue weighted by molar-refractivity contribution is -0.00521. The third-order valence-corrected chi connectivity index (χ3v) is 7.91. The predicted octanol–water partition coefficient (Wildman–Crippen LogP) is 3.63. The Balaban J connectivity index is 2.21. The molecule has 1 fully saturated rings. The van der Waals surface area contributed by atoms with Gasteiger partial charge >= 0.3 is 0 Å². The van der Waals surface area contributed by atoms with Crippen molar-refractivity contribution >= 4 is 18.9 Å². The molecule has 1 aliphatic rings. The Bertz CT molecular complexity index is 436. The van der Waals surface area contributed by atoms with Crippen LogP contribution in [0.1, 0.15) is 27.2 Å². The van der Waals surface area contributed by atoms with E-state index >= 15 is 0 Å². The number of hydrogen-bond donors (Lipinski definition) is 0. The molecular weight excluding hydrogens is 262 g/mol. The minimum absolute atomic E-state index is 0.323. The van der Waals surface area contributed by atoms with E-state index in [2.05, 4.69) is 63.0 Å². The van der Waals surface area contributed by atoms with Crippen molar-refractivity contribution in [2.75, 3.05) is 18.0 Å². The van der Waals surface area contributed by atoms with Crippen molar-refractivity contribution < 1.29 is 4.74 Å². The Morgan fingerprint density at radius 1 is 1.20 bits per heavy atom. The highest BCUT2D eigenvalue weighted by Crippen LogP contribution is 2.21. The molecule has 2 unspecified atom stereocenters. The maximum Gasteiger partial charge on any atom is 0.0807 e. The van der Waals surface area contributed by atoms with Crippen molar-refractivity contribution in [1.82, 2.24) is 0 Å². The van der Waals surface area contributed by atoms with Gasteiger partial charge in [-0.25, -0.2) is 0 Å². The standard InChI is InChI=1S/C17H29NOSi/c1-6-10-20(4,5)17-9-7-8-16(11-17)18-12-14(2)19-15(3)13-18/h7-9,11,14-15H,6,10,12-13H2,1-5H3. The first kappa shape index (κ1) is 15.6. The van der Waals surface area contributed by atoms with E-state index in [-0.39, 0.29) is 0 Å². The maximum atomic E-state index is 5.84. The van der Waals surface area contributed by atoms with E-state index < -0.39 is 8.07 Å². The lowest BCUT2D eigenvalue weighted by atomic mass is 10.2. The second kappa shape index (κ2) is 6.31. The van der Waals surface area contributed by atoms with Crippen LogP contribution in [-0.2, 0) is 4.74 Å². The summed E-state index contributed by atoms with van der Waals surface area (Å²) in [5, 5.41) is 1.59. The molecule has 3 heteroatoms. The van der Waals surface area contributed by atoms with Crippen LogP contribution in [0.3, 0.4) is 0 Å². The van der Waals surface area contributed by atoms with Crippen LogP contribution in [0.2, 0.25) is 19.1 Å². The van der Waals surface area contributed by atoms with E-state index in [0.29, 0.717) is 12.2 Å². The van der Waals surface area contributed by atoms with Crippen LogP contribution in [0.15, 0.2) is 24.3 Å². The fraction of sp³-hybridized carbons (Fsp3) is 0.647. The minimum Gasteiger partial charge on any atom is -0.372 e. The first-order chi connectivity index (χ1) is 9.42. The number of ether oxygens (including phenoxy) is 1. The molecule has 1 aromatic carbocycles. The quantitative estimate of drug-likeness (QED) is 0.786. The molecule has 0 saturated carbocycles. The molecule has 112 valence electrons. The maximum absolute atomic E-state index is 5.84. The number of hydrogen-bond acceptors (Lipinski definition) is 2. The van der Waals surface area contributed by atoms with E-state index in [1.54, 1.807) is 5.19 Å². The number of rotatable bonds is 4. The number of benzene rings is 1. The molecule has 1 aliphatic heterocycles. The lowest BCUT2D eigenvalue weighted by Crippen LogP contribution is -2.46. The van der Waals surface area contributed by atoms with Crippen molar-refractivity contribution in [3.05, 3.63) is 24.3 Å². The van der Waals surface area contributed by atoms with Crippen molar-refractivity contribution in [1.29, 1.82) is 0 Å². The highest BCUT2D eigenvalue weighted by Gasteiger charge is 2.25. The second-order valence-electron chi connectivity index (χ2n) is 6.85. The van der Waals surface area contributed by atoms with Crippen molar-refractivity contribution in [3.8, 4) is 0 Å². The smallest absolute Gasteiger partial charge is 0.0807 e. The van der Waals surface area contributed by atoms with Gasteiger partial charge in [-0.05, 0) is 26.0 Å². The zero-order valence-corrected chi connectivity index (χ0v) is 14.6. The third-order valence-electron chi connectivity index (χ3n) is 4.29. The molecule has 2 rings (SSSR count). The van der Waals surface area contributed by atoms with Gasteiger partial charge in [-0.3, -0.25) is 0 Å². The Labute approximate surface area is 125 Å². The summed E-state index contributed by atoms with van der Waals surface area (Å²) < 4.78 is 5.84. The average molecular weight is 292 g/mol. The van der Waals surface area contributed by atoms with Crippen LogP contribution in [0, 0.1) is 0 Å². The summed E-state index contributed by atoms with van der Waals surface area (Å²) >= 11 is 0. The Kier molecular flexibility index (Phi) is 4.92. The zero-order valence-electron chi connectivity index (χ0n) is 13.6. The molecule has 0 aromatic heterocycles. The van der Waals surface area contributed by atoms with Gasteiger partial charge in [0.25, 0.3) is 0 Å². The monoisotopic (exact) mass is 291 g/mol. The van der Waals surface area contributed by atoms with E-state index in [0.717, 1.165) is 13.1 Å². The van der Waals surface area contributed by atoms with Crippen LogP contribution in [0.5, 0.6) is 0 Å². The largest absolute Gasteiger partial charge is 0.372 e. The molecular formula is C17H29NOSi. The van der Waals surface area contributed by atoms with Crippen LogP contribution < -0.4 is 10.1 Å². The Hall–Kier alpha value is -0.803. The summed E-state index contributed by atoms with van der Waals surface area (Å²) in [5.41, 5.74) is 1.38. The molecule has 2 atom stereocenters. The fourth-order valence-electron chi connectivity index (χ4n) is 3.28. The van der Waals surface area contributed by atoms with Crippen molar-refractivity contribution in [3.63, 3.8) is 0 Å². The number of nitrogens with zero attached hydrogens (tertiary/aromatic N) is 1. The summed E-state index contributed by atoms with van der Waals surface area (Å²) in [6.45, 7) is 13.6. The summed E-state index contributed by atoms with van der Waals surface area (Å²) in [6, 6.07) is 10.6. The fourth-order valence-corrected chi connectivity index (χ4v) is 5.91. The molecule has 0 radical (unpaired) electrons. The van der Waals surface area contributed by atoms with Crippen LogP contribution >= 0.6 is 0 Å². The van der Waals surface area contributed by atoms with Crippen molar-refractivity contribution in [2.24, 2.45) is 0 Å². The third kappa shape index (κ3) is 3.64. The zero-order chi connectivity index (χ0) is 14.8. The number of morpholine rings is 1. The molecule has 1 heterocycles. The number of anilines is 1. The van der Waals surface area contributed by atoms with Crippen LogP contribution in [0.25, 0.3) is 0 Å². The minimum atomic E-state index is -1.27. The summed E-state index contributed by atoms with van der Waals surface area (Å²) in [5.74, 6) is 0. The van der Waals surface area contributed by atoms with Gasteiger partial charge in [-0.15, -0.1) is 0 Å². The highest BCUT2D eigenvalue weighted by molar-refractivity contribution is 6.89. The molecule has 2 nitrogen and oxygen atoms in total. The summed E-state index contributed by atoms with van der Waals surface area (Å²) in [7, 11) is -1.27. The average Bonchev–Trinajstić information content (AvgIpc) is 2.38. The first-order valence-corrected chi connectivity index (χ1v) is 11.1. The molecule has 0 bridgehead atoms. The summed E-state index contributed by atoms with van der Waals surface area (Å²) in [6.07, 6.45) is 1.93. The molecule has 20 heavy (non-hydrogen) atoms. The second-order valence-corrected chi connectivity index (χ2v) is 11.7. The van der Waals surface area contributed by atoms with Gasteiger partial charge < -0.3 is 9.64 Å². The normalized spacial score (nSPS) is 23.9. The van der Waals surface area contributed by atoms with E-state index in [9.17, 15) is 0 Å². The van der Waals surface area contributed by atoms with Gasteiger partial charge in [0.05, 0.1) is 20.3 Å². The molecule has 1 saturated heterocycles. The topological polar surface area (TPSA) is 12.5 Å². The molecule has 0 N–H and O–H groups in total. The molecule has 1 aromatic rings. The van der Waals surface area contributed by atoms with E-state index in [1.807, 2.05) is 0 Å². The van der Waals surface area contributed by atoms with Crippen molar-refractivity contribution in [2.45, 2.75) is 58.5 Å². The SMILES string of the molecule is CCC[Si](C)(C)c1cccc(N2CC(C)OC(C)C2)c1. The van der Waals surface area contributed by atoms with Gasteiger partial charge in [0.2, 0.25) is 0 Å². The highest BCUT2D eigenvalue weighted by atomic mass is 28.3. The Morgan fingerprint density at radius 3 is 2.45 bits per heavy atom. The van der Waals surface area contributed by atoms with E-state index in [4.69, 9.17) is 4.74 Å². The molecule has 0 aliphatic carbocycles. The van der Waals surface area contributed by atoms with Gasteiger partial charge in [-0.2, -0.15) is 0 Å². The van der Waals surface area contributed by atoms with Crippen LogP contribution in [-0.4, -0.2) is 33.4 Å². The van der Waals surface area contributed by atoms with E-state index in [1.165, 1.54) is 18.2 Å². The molecule has 0 amide bonds. The Morgan fingerprint density at radius 2 is 1.85 bits per heavy atom. The lowest BCUT2D eigenvalue weighted by Gasteiger charge is -2.37. The van der Waals surface area contributed by atoms with Crippen LogP contribution in [0.4, 0.5) is 5.69 Å². The van der Waals surface area contributed by atoms with Gasteiger partial charge in [0, 0.05) is 18.8 Å². The summed E-state index contributed by atoms with van der Waals surface area (Å²) in [4.78, 5) is 2.48. The van der Waals surface area contributed by atoms with Gasteiger partial charge in [0.15, 0.2) is 0 Å².